The lowest BCUT2D eigenvalue weighted by Gasteiger charge is -1.97. The Morgan fingerprint density at radius 3 is 2.56 bits per heavy atom. The van der Waals surface area contributed by atoms with E-state index in [1.165, 1.54) is 0 Å². The van der Waals surface area contributed by atoms with Crippen molar-refractivity contribution in [3.8, 4) is 0 Å². The van der Waals surface area contributed by atoms with Crippen LogP contribution >= 0.6 is 0 Å². The zero-order valence-corrected chi connectivity index (χ0v) is 7.82. The Bertz CT molecular complexity index is 424. The Morgan fingerprint density at radius 2 is 2.06 bits per heavy atom. The minimum Gasteiger partial charge on any atom is -0.453 e. The summed E-state index contributed by atoms with van der Waals surface area (Å²) in [5, 5.41) is 20.1. The third-order valence-corrected chi connectivity index (χ3v) is 1.48. The average Bonchev–Trinajstić information content (AvgIpc) is 2.65. The van der Waals surface area contributed by atoms with Gasteiger partial charge in [-0.2, -0.15) is 0 Å². The standard InChI is InChI=1S/C7H6N2O7/c10-7(15-4-3-8(11)12)5-1-2-6(16-5)9(13)14/h1-2H,3-4H2. The number of carbonyl (C=O) groups is 1. The molecule has 0 atom stereocenters. The highest BCUT2D eigenvalue weighted by atomic mass is 16.7. The molecule has 9 heteroatoms. The summed E-state index contributed by atoms with van der Waals surface area (Å²) in [5.41, 5.74) is 0. The van der Waals surface area contributed by atoms with Crippen molar-refractivity contribution in [2.24, 2.45) is 0 Å². The van der Waals surface area contributed by atoms with Gasteiger partial charge in [-0.3, -0.25) is 20.2 Å². The normalized spacial score (nSPS) is 9.75. The monoisotopic (exact) mass is 230 g/mol. The number of ether oxygens (including phenoxy) is 1. The van der Waals surface area contributed by atoms with Crippen LogP contribution in [-0.4, -0.2) is 29.0 Å². The number of nitrogens with zero attached hydrogens (tertiary/aromatic N) is 2. The Hall–Kier alpha value is -2.45. The maximum absolute atomic E-state index is 11.1. The summed E-state index contributed by atoms with van der Waals surface area (Å²) in [6.07, 6.45) is 0. The molecule has 0 saturated carbocycles. The highest BCUT2D eigenvalue weighted by Crippen LogP contribution is 2.16. The van der Waals surface area contributed by atoms with Crippen LogP contribution in [0.25, 0.3) is 0 Å². The second-order valence-electron chi connectivity index (χ2n) is 2.59. The maximum Gasteiger partial charge on any atom is 0.433 e. The fraction of sp³-hybridized carbons (Fsp3) is 0.286. The molecule has 86 valence electrons. The van der Waals surface area contributed by atoms with E-state index in [2.05, 4.69) is 9.15 Å². The fourth-order valence-corrected chi connectivity index (χ4v) is 0.820. The molecule has 1 heterocycles. The lowest BCUT2D eigenvalue weighted by atomic mass is 10.4. The molecule has 0 radical (unpaired) electrons. The fourth-order valence-electron chi connectivity index (χ4n) is 0.820. The van der Waals surface area contributed by atoms with Crippen molar-refractivity contribution in [2.75, 3.05) is 13.2 Å². The number of nitro groups is 2. The molecule has 0 unspecified atom stereocenters. The van der Waals surface area contributed by atoms with Gasteiger partial charge >= 0.3 is 11.9 Å². The molecule has 0 aliphatic carbocycles. The van der Waals surface area contributed by atoms with Gasteiger partial charge in [0.25, 0.3) is 0 Å². The van der Waals surface area contributed by atoms with Gasteiger partial charge in [0.05, 0.1) is 6.07 Å². The molecule has 0 aliphatic heterocycles. The Balaban J connectivity index is 2.53. The molecule has 0 spiro atoms. The predicted octanol–water partition coefficient (Wildman–Crippen LogP) is 0.621. The summed E-state index contributed by atoms with van der Waals surface area (Å²) >= 11 is 0. The first-order valence-corrected chi connectivity index (χ1v) is 4.04. The van der Waals surface area contributed by atoms with Crippen molar-refractivity contribution < 1.29 is 23.8 Å². The molecule has 9 nitrogen and oxygen atoms in total. The van der Waals surface area contributed by atoms with E-state index in [1.54, 1.807) is 0 Å². The van der Waals surface area contributed by atoms with Gasteiger partial charge in [0.2, 0.25) is 12.3 Å². The van der Waals surface area contributed by atoms with Crippen LogP contribution in [0.1, 0.15) is 10.6 Å². The van der Waals surface area contributed by atoms with Crippen LogP contribution in [0.2, 0.25) is 0 Å². The minimum atomic E-state index is -0.977. The van der Waals surface area contributed by atoms with Crippen molar-refractivity contribution in [3.05, 3.63) is 38.1 Å². The minimum absolute atomic E-state index is 0.366. The van der Waals surface area contributed by atoms with E-state index in [1.807, 2.05) is 0 Å². The molecule has 1 aromatic rings. The van der Waals surface area contributed by atoms with Crippen LogP contribution in [0.4, 0.5) is 5.88 Å². The number of rotatable bonds is 5. The maximum atomic E-state index is 11.1. The third kappa shape index (κ3) is 3.04. The molecule has 1 aromatic heterocycles. The molecule has 0 amide bonds. The Labute approximate surface area is 87.9 Å². The van der Waals surface area contributed by atoms with E-state index in [4.69, 9.17) is 0 Å². The first-order valence-electron chi connectivity index (χ1n) is 4.04. The van der Waals surface area contributed by atoms with E-state index in [9.17, 15) is 25.0 Å². The van der Waals surface area contributed by atoms with Gasteiger partial charge in [-0.25, -0.2) is 4.79 Å². The molecular formula is C7H6N2O7. The molecule has 0 aliphatic rings. The van der Waals surface area contributed by atoms with Crippen molar-refractivity contribution in [3.63, 3.8) is 0 Å². The van der Waals surface area contributed by atoms with Crippen LogP contribution < -0.4 is 0 Å². The van der Waals surface area contributed by atoms with Crippen LogP contribution in [-0.2, 0) is 4.74 Å². The van der Waals surface area contributed by atoms with Crippen LogP contribution in [0, 0.1) is 20.2 Å². The molecule has 16 heavy (non-hydrogen) atoms. The van der Waals surface area contributed by atoms with Crippen LogP contribution in [0.3, 0.4) is 0 Å². The predicted molar refractivity (Wildman–Crippen MR) is 47.5 cm³/mol. The van der Waals surface area contributed by atoms with E-state index in [0.717, 1.165) is 12.1 Å². The molecule has 0 fully saturated rings. The van der Waals surface area contributed by atoms with Gasteiger partial charge < -0.3 is 9.15 Å². The van der Waals surface area contributed by atoms with E-state index >= 15 is 0 Å². The second kappa shape index (κ2) is 4.87. The number of esters is 1. The summed E-state index contributed by atoms with van der Waals surface area (Å²) in [6, 6.07) is 2.05. The van der Waals surface area contributed by atoms with Gasteiger partial charge in [0.1, 0.15) is 4.92 Å². The first kappa shape index (κ1) is 11.6. The van der Waals surface area contributed by atoms with Crippen molar-refractivity contribution >= 4 is 11.9 Å². The second-order valence-corrected chi connectivity index (χ2v) is 2.59. The van der Waals surface area contributed by atoms with Crippen LogP contribution in [0.15, 0.2) is 16.5 Å². The number of hydrogen-bond donors (Lipinski definition) is 0. The molecule has 1 rings (SSSR count). The first-order chi connectivity index (χ1) is 7.50. The SMILES string of the molecule is O=C(OCC[N+](=O)[O-])c1ccc([N+](=O)[O-])o1. The summed E-state index contributed by atoms with van der Waals surface area (Å²) in [6.45, 7) is -0.950. The zero-order chi connectivity index (χ0) is 12.1. The molecule has 0 aromatic carbocycles. The van der Waals surface area contributed by atoms with Gasteiger partial charge in [0.15, 0.2) is 6.61 Å². The molecular weight excluding hydrogens is 224 g/mol. The summed E-state index contributed by atoms with van der Waals surface area (Å²) in [5.74, 6) is -1.94. The highest BCUT2D eigenvalue weighted by molar-refractivity contribution is 5.86. The van der Waals surface area contributed by atoms with Crippen molar-refractivity contribution in [1.82, 2.24) is 0 Å². The Kier molecular flexibility index (Phi) is 3.53. The smallest absolute Gasteiger partial charge is 0.433 e. The van der Waals surface area contributed by atoms with Gasteiger partial charge in [0, 0.05) is 4.92 Å². The van der Waals surface area contributed by atoms with Crippen molar-refractivity contribution in [2.45, 2.75) is 0 Å². The lowest BCUT2D eigenvalue weighted by Crippen LogP contribution is -2.13. The van der Waals surface area contributed by atoms with Gasteiger partial charge in [-0.15, -0.1) is 0 Å². The number of furan rings is 1. The summed E-state index contributed by atoms with van der Waals surface area (Å²) in [7, 11) is 0. The van der Waals surface area contributed by atoms with E-state index < -0.39 is 34.9 Å². The Morgan fingerprint density at radius 1 is 1.38 bits per heavy atom. The van der Waals surface area contributed by atoms with Gasteiger partial charge in [-0.05, 0) is 6.07 Å². The number of hydrogen-bond acceptors (Lipinski definition) is 7. The average molecular weight is 230 g/mol. The lowest BCUT2D eigenvalue weighted by molar-refractivity contribution is -0.482. The van der Waals surface area contributed by atoms with Gasteiger partial charge in [-0.1, -0.05) is 0 Å². The topological polar surface area (TPSA) is 126 Å². The highest BCUT2D eigenvalue weighted by Gasteiger charge is 2.18. The number of carbonyl (C=O) groups excluding carboxylic acids is 1. The molecule has 0 saturated heterocycles. The van der Waals surface area contributed by atoms with Crippen molar-refractivity contribution in [1.29, 1.82) is 0 Å². The molecule has 0 N–H and O–H groups in total. The third-order valence-electron chi connectivity index (χ3n) is 1.48. The van der Waals surface area contributed by atoms with Crippen LogP contribution in [0.5, 0.6) is 0 Å². The summed E-state index contributed by atoms with van der Waals surface area (Å²) in [4.78, 5) is 29.8. The quantitative estimate of drug-likeness (QED) is 0.412. The van der Waals surface area contributed by atoms with E-state index in [0.29, 0.717) is 0 Å². The van der Waals surface area contributed by atoms with E-state index in [-0.39, 0.29) is 5.76 Å². The largest absolute Gasteiger partial charge is 0.453 e. The molecule has 0 bridgehead atoms. The summed E-state index contributed by atoms with van der Waals surface area (Å²) < 4.78 is 8.96. The zero-order valence-electron chi connectivity index (χ0n) is 7.82.